The van der Waals surface area contributed by atoms with Crippen molar-refractivity contribution in [3.63, 3.8) is 0 Å². The molecule has 2 rings (SSSR count). The smallest absolute Gasteiger partial charge is 0.342 e. The number of methoxy groups -OCH3 is 2. The van der Waals surface area contributed by atoms with E-state index in [1.807, 2.05) is 0 Å². The molecule has 0 aliphatic rings. The molecular weight excluding hydrogens is 312 g/mol. The first-order chi connectivity index (χ1) is 11.5. The lowest BCUT2D eigenvalue weighted by Crippen LogP contribution is -2.17. The summed E-state index contributed by atoms with van der Waals surface area (Å²) in [6.07, 6.45) is -0.126. The summed E-state index contributed by atoms with van der Waals surface area (Å²) in [7, 11) is 2.28. The van der Waals surface area contributed by atoms with Gasteiger partial charge in [0, 0.05) is 12.0 Å². The fourth-order valence-electron chi connectivity index (χ4n) is 2.33. The largest absolute Gasteiger partial charge is 0.507 e. The maximum Gasteiger partial charge on any atom is 0.342 e. The fraction of sp³-hybridized carbons (Fsp3) is 0.167. The number of carbonyl (C=O) groups excluding carboxylic acids is 3. The number of benzene rings is 2. The number of carbonyl (C=O) groups is 3. The Morgan fingerprint density at radius 1 is 0.875 bits per heavy atom. The standard InChI is InChI=1S/C18H16O6/c1-23-17(21)15-12(8-9-13(19)16(15)18(22)24-2)10-14(20)11-6-4-3-5-7-11/h3-9,19H,10H2,1-2H3. The minimum absolute atomic E-state index is 0.126. The van der Waals surface area contributed by atoms with Gasteiger partial charge in [0.05, 0.1) is 19.8 Å². The molecule has 0 saturated carbocycles. The number of rotatable bonds is 5. The third kappa shape index (κ3) is 3.43. The topological polar surface area (TPSA) is 89.9 Å². The summed E-state index contributed by atoms with van der Waals surface area (Å²) >= 11 is 0. The number of esters is 2. The van der Waals surface area contributed by atoms with E-state index in [1.54, 1.807) is 30.3 Å². The van der Waals surface area contributed by atoms with Gasteiger partial charge in [0.15, 0.2) is 5.78 Å². The van der Waals surface area contributed by atoms with Crippen molar-refractivity contribution in [2.75, 3.05) is 14.2 Å². The van der Waals surface area contributed by atoms with Crippen LogP contribution in [-0.2, 0) is 15.9 Å². The van der Waals surface area contributed by atoms with E-state index >= 15 is 0 Å². The van der Waals surface area contributed by atoms with Crippen LogP contribution < -0.4 is 0 Å². The van der Waals surface area contributed by atoms with Gasteiger partial charge in [-0.3, -0.25) is 4.79 Å². The molecule has 1 N–H and O–H groups in total. The van der Waals surface area contributed by atoms with Gasteiger partial charge in [-0.2, -0.15) is 0 Å². The van der Waals surface area contributed by atoms with Crippen LogP contribution in [0.5, 0.6) is 5.75 Å². The molecule has 0 unspecified atom stereocenters. The summed E-state index contributed by atoms with van der Waals surface area (Å²) in [6.45, 7) is 0. The van der Waals surface area contributed by atoms with Crippen molar-refractivity contribution < 1.29 is 29.0 Å². The fourth-order valence-corrected chi connectivity index (χ4v) is 2.33. The summed E-state index contributed by atoms with van der Waals surface area (Å²) in [4.78, 5) is 36.4. The summed E-state index contributed by atoms with van der Waals surface area (Å²) in [5.74, 6) is -2.37. The Kier molecular flexibility index (Phi) is 5.31. The van der Waals surface area contributed by atoms with Crippen LogP contribution in [0.2, 0.25) is 0 Å². The highest BCUT2D eigenvalue weighted by molar-refractivity contribution is 6.07. The van der Waals surface area contributed by atoms with E-state index in [1.165, 1.54) is 12.1 Å². The Hall–Kier alpha value is -3.15. The summed E-state index contributed by atoms with van der Waals surface area (Å²) in [5, 5.41) is 9.92. The molecule has 124 valence electrons. The van der Waals surface area contributed by atoms with Gasteiger partial charge in [0.25, 0.3) is 0 Å². The average molecular weight is 328 g/mol. The number of hydrogen-bond donors (Lipinski definition) is 1. The molecule has 0 aromatic heterocycles. The van der Waals surface area contributed by atoms with E-state index in [4.69, 9.17) is 0 Å². The van der Waals surface area contributed by atoms with Gasteiger partial charge in [-0.1, -0.05) is 36.4 Å². The van der Waals surface area contributed by atoms with Crippen LogP contribution in [-0.4, -0.2) is 37.0 Å². The molecule has 0 fully saturated rings. The van der Waals surface area contributed by atoms with E-state index in [9.17, 15) is 19.5 Å². The van der Waals surface area contributed by atoms with Crippen molar-refractivity contribution in [3.05, 3.63) is 64.7 Å². The van der Waals surface area contributed by atoms with Crippen molar-refractivity contribution in [2.45, 2.75) is 6.42 Å². The molecule has 0 aliphatic carbocycles. The first-order valence-corrected chi connectivity index (χ1v) is 7.09. The highest BCUT2D eigenvalue weighted by Gasteiger charge is 2.27. The van der Waals surface area contributed by atoms with Gasteiger partial charge in [-0.25, -0.2) is 9.59 Å². The highest BCUT2D eigenvalue weighted by Crippen LogP contribution is 2.27. The van der Waals surface area contributed by atoms with Crippen molar-refractivity contribution in [3.8, 4) is 5.75 Å². The lowest BCUT2D eigenvalue weighted by molar-refractivity contribution is 0.0551. The van der Waals surface area contributed by atoms with Crippen LogP contribution in [0, 0.1) is 0 Å². The summed E-state index contributed by atoms with van der Waals surface area (Å²) in [6, 6.07) is 11.2. The molecule has 0 bridgehead atoms. The number of ketones is 1. The number of phenols is 1. The molecule has 0 radical (unpaired) electrons. The maximum atomic E-state index is 12.4. The van der Waals surface area contributed by atoms with Gasteiger partial charge in [-0.15, -0.1) is 0 Å². The second-order valence-electron chi connectivity index (χ2n) is 4.94. The van der Waals surface area contributed by atoms with Crippen LogP contribution in [0.25, 0.3) is 0 Å². The molecule has 2 aromatic rings. The number of aromatic hydroxyl groups is 1. The predicted octanol–water partition coefficient (Wildman–Crippen LogP) is 2.39. The third-order valence-electron chi connectivity index (χ3n) is 3.50. The molecule has 2 aromatic carbocycles. The molecule has 0 saturated heterocycles. The number of hydrogen-bond acceptors (Lipinski definition) is 6. The Morgan fingerprint density at radius 3 is 2.04 bits per heavy atom. The highest BCUT2D eigenvalue weighted by atomic mass is 16.5. The molecule has 0 amide bonds. The van der Waals surface area contributed by atoms with Crippen LogP contribution in [0.1, 0.15) is 36.6 Å². The lowest BCUT2D eigenvalue weighted by atomic mass is 9.94. The van der Waals surface area contributed by atoms with Crippen LogP contribution >= 0.6 is 0 Å². The number of Topliss-reactive ketones (excluding diaryl/α,β-unsaturated/α-hetero) is 1. The first kappa shape index (κ1) is 17.2. The van der Waals surface area contributed by atoms with Gasteiger partial charge in [0.1, 0.15) is 11.3 Å². The van der Waals surface area contributed by atoms with E-state index in [0.717, 1.165) is 14.2 Å². The molecule has 0 spiro atoms. The van der Waals surface area contributed by atoms with Gasteiger partial charge >= 0.3 is 11.9 Å². The van der Waals surface area contributed by atoms with Crippen LogP contribution in [0.15, 0.2) is 42.5 Å². The normalized spacial score (nSPS) is 10.1. The van der Waals surface area contributed by atoms with Crippen molar-refractivity contribution in [2.24, 2.45) is 0 Å². The zero-order valence-corrected chi connectivity index (χ0v) is 13.2. The maximum absolute atomic E-state index is 12.4. The zero-order chi connectivity index (χ0) is 17.7. The summed E-state index contributed by atoms with van der Waals surface area (Å²) < 4.78 is 9.29. The lowest BCUT2D eigenvalue weighted by Gasteiger charge is -2.13. The number of ether oxygens (including phenoxy) is 2. The quantitative estimate of drug-likeness (QED) is 0.669. The Balaban J connectivity index is 2.52. The number of phenolic OH excluding ortho intramolecular Hbond substituents is 1. The minimum atomic E-state index is -0.887. The molecule has 6 nitrogen and oxygen atoms in total. The Labute approximate surface area is 138 Å². The van der Waals surface area contributed by atoms with Gasteiger partial charge in [0.2, 0.25) is 0 Å². The van der Waals surface area contributed by atoms with E-state index < -0.39 is 17.7 Å². The first-order valence-electron chi connectivity index (χ1n) is 7.09. The molecule has 24 heavy (non-hydrogen) atoms. The molecule has 0 aliphatic heterocycles. The van der Waals surface area contributed by atoms with Crippen LogP contribution in [0.3, 0.4) is 0 Å². The van der Waals surface area contributed by atoms with Gasteiger partial charge in [-0.05, 0) is 11.6 Å². The summed E-state index contributed by atoms with van der Waals surface area (Å²) in [5.41, 5.74) is 0.256. The zero-order valence-electron chi connectivity index (χ0n) is 13.2. The van der Waals surface area contributed by atoms with Crippen LogP contribution in [0.4, 0.5) is 0 Å². The molecule has 6 heteroatoms. The van der Waals surface area contributed by atoms with Crippen molar-refractivity contribution in [1.82, 2.24) is 0 Å². The molecule has 0 heterocycles. The second kappa shape index (κ2) is 7.41. The SMILES string of the molecule is COC(=O)c1c(O)ccc(CC(=O)c2ccccc2)c1C(=O)OC. The third-order valence-corrected chi connectivity index (χ3v) is 3.50. The average Bonchev–Trinajstić information content (AvgIpc) is 2.62. The second-order valence-corrected chi connectivity index (χ2v) is 4.94. The van der Waals surface area contributed by atoms with E-state index in [0.29, 0.717) is 5.56 Å². The van der Waals surface area contributed by atoms with E-state index in [-0.39, 0.29) is 28.9 Å². The van der Waals surface area contributed by atoms with Crippen molar-refractivity contribution in [1.29, 1.82) is 0 Å². The Morgan fingerprint density at radius 2 is 1.46 bits per heavy atom. The predicted molar refractivity (Wildman–Crippen MR) is 85.3 cm³/mol. The molecular formula is C18H16O6. The Bertz CT molecular complexity index is 780. The monoisotopic (exact) mass is 328 g/mol. The minimum Gasteiger partial charge on any atom is -0.507 e. The van der Waals surface area contributed by atoms with E-state index in [2.05, 4.69) is 9.47 Å². The van der Waals surface area contributed by atoms with Gasteiger partial charge < -0.3 is 14.6 Å². The van der Waals surface area contributed by atoms with Crippen molar-refractivity contribution >= 4 is 17.7 Å². The molecule has 0 atom stereocenters.